The van der Waals surface area contributed by atoms with Gasteiger partial charge in [-0.2, -0.15) is 0 Å². The molecule has 0 bridgehead atoms. The third kappa shape index (κ3) is 2.64. The maximum atomic E-state index is 12.8. The van der Waals surface area contributed by atoms with Gasteiger partial charge in [0.15, 0.2) is 5.71 Å². The highest BCUT2D eigenvalue weighted by Gasteiger charge is 2.29. The Hall–Kier alpha value is -3.53. The average Bonchev–Trinajstić information content (AvgIpc) is 2.68. The molecule has 4 nitrogen and oxygen atoms in total. The van der Waals surface area contributed by atoms with Crippen molar-refractivity contribution >= 4 is 17.5 Å². The molecule has 1 aliphatic rings. The van der Waals surface area contributed by atoms with E-state index in [0.29, 0.717) is 16.7 Å². The van der Waals surface area contributed by atoms with E-state index < -0.39 is 5.97 Å². The zero-order valence-corrected chi connectivity index (χ0v) is 13.2. The SMILES string of the molecule is O=C(O/N=C1/C(=O)c2ccccc2-c2ccccc21)c1ccccc1. The Kier molecular flexibility index (Phi) is 3.71. The molecule has 0 saturated heterocycles. The number of carbonyl (C=O) groups excluding carboxylic acids is 2. The number of rotatable bonds is 2. The molecule has 0 aliphatic heterocycles. The van der Waals surface area contributed by atoms with Gasteiger partial charge in [0.25, 0.3) is 0 Å². The normalized spacial score (nSPS) is 13.9. The van der Waals surface area contributed by atoms with Crippen LogP contribution in [0.5, 0.6) is 0 Å². The van der Waals surface area contributed by atoms with Crippen LogP contribution in [0, 0.1) is 0 Å². The highest BCUT2D eigenvalue weighted by atomic mass is 16.7. The van der Waals surface area contributed by atoms with E-state index in [4.69, 9.17) is 4.84 Å². The minimum Gasteiger partial charge on any atom is -0.312 e. The zero-order valence-electron chi connectivity index (χ0n) is 13.2. The largest absolute Gasteiger partial charge is 0.365 e. The van der Waals surface area contributed by atoms with Crippen LogP contribution in [0.15, 0.2) is 84.0 Å². The van der Waals surface area contributed by atoms with Gasteiger partial charge in [0, 0.05) is 11.1 Å². The van der Waals surface area contributed by atoms with E-state index in [-0.39, 0.29) is 11.5 Å². The molecule has 0 saturated carbocycles. The molecular weight excluding hydrogens is 314 g/mol. The molecular formula is C21H13NO3. The lowest BCUT2D eigenvalue weighted by atomic mass is 9.83. The van der Waals surface area contributed by atoms with Crippen molar-refractivity contribution in [2.24, 2.45) is 5.16 Å². The van der Waals surface area contributed by atoms with Crippen LogP contribution >= 0.6 is 0 Å². The van der Waals surface area contributed by atoms with E-state index in [1.54, 1.807) is 48.5 Å². The fraction of sp³-hybridized carbons (Fsp3) is 0. The predicted molar refractivity (Wildman–Crippen MR) is 94.6 cm³/mol. The van der Waals surface area contributed by atoms with E-state index in [9.17, 15) is 9.59 Å². The molecule has 25 heavy (non-hydrogen) atoms. The summed E-state index contributed by atoms with van der Waals surface area (Å²) in [6, 6.07) is 23.4. The maximum Gasteiger partial charge on any atom is 0.365 e. The van der Waals surface area contributed by atoms with Crippen molar-refractivity contribution in [1.29, 1.82) is 0 Å². The number of fused-ring (bicyclic) bond motifs is 3. The Bertz CT molecular complexity index is 1010. The summed E-state index contributed by atoms with van der Waals surface area (Å²) in [6.07, 6.45) is 0. The van der Waals surface area contributed by atoms with Crippen LogP contribution in [0.1, 0.15) is 26.3 Å². The molecule has 0 N–H and O–H groups in total. The molecule has 120 valence electrons. The number of benzene rings is 3. The first-order chi connectivity index (χ1) is 12.3. The summed E-state index contributed by atoms with van der Waals surface area (Å²) in [7, 11) is 0. The second kappa shape index (κ2) is 6.17. The van der Waals surface area contributed by atoms with Crippen molar-refractivity contribution in [3.8, 4) is 11.1 Å². The average molecular weight is 327 g/mol. The predicted octanol–water partition coefficient (Wildman–Crippen LogP) is 4.11. The van der Waals surface area contributed by atoms with Gasteiger partial charge in [-0.25, -0.2) is 4.79 Å². The van der Waals surface area contributed by atoms with Gasteiger partial charge >= 0.3 is 5.97 Å². The van der Waals surface area contributed by atoms with Crippen LogP contribution in [-0.4, -0.2) is 17.5 Å². The monoisotopic (exact) mass is 327 g/mol. The van der Waals surface area contributed by atoms with Gasteiger partial charge in [0.2, 0.25) is 5.78 Å². The molecule has 0 amide bonds. The lowest BCUT2D eigenvalue weighted by Gasteiger charge is -2.19. The number of Topliss-reactive ketones (excluding diaryl/α,β-unsaturated/α-hetero) is 1. The van der Waals surface area contributed by atoms with Crippen molar-refractivity contribution in [3.63, 3.8) is 0 Å². The summed E-state index contributed by atoms with van der Waals surface area (Å²) in [6.45, 7) is 0. The Balaban J connectivity index is 1.75. The van der Waals surface area contributed by atoms with Crippen LogP contribution in [0.4, 0.5) is 0 Å². The molecule has 1 aliphatic carbocycles. The lowest BCUT2D eigenvalue weighted by molar-refractivity contribution is 0.0516. The Morgan fingerprint density at radius 1 is 0.680 bits per heavy atom. The minimum atomic E-state index is -0.600. The number of carbonyl (C=O) groups is 2. The first-order valence-corrected chi connectivity index (χ1v) is 7.83. The van der Waals surface area contributed by atoms with Gasteiger partial charge in [-0.1, -0.05) is 71.9 Å². The number of oxime groups is 1. The van der Waals surface area contributed by atoms with E-state index in [2.05, 4.69) is 5.16 Å². The summed E-state index contributed by atoms with van der Waals surface area (Å²) >= 11 is 0. The van der Waals surface area contributed by atoms with E-state index in [1.165, 1.54) is 0 Å². The highest BCUT2D eigenvalue weighted by Crippen LogP contribution is 2.33. The van der Waals surface area contributed by atoms with Crippen molar-refractivity contribution in [1.82, 2.24) is 0 Å². The summed E-state index contributed by atoms with van der Waals surface area (Å²) in [5.41, 5.74) is 3.48. The van der Waals surface area contributed by atoms with Crippen LogP contribution in [0.25, 0.3) is 11.1 Å². The van der Waals surface area contributed by atoms with Crippen LogP contribution in [0.2, 0.25) is 0 Å². The molecule has 4 rings (SSSR count). The third-order valence-corrected chi connectivity index (χ3v) is 4.09. The zero-order chi connectivity index (χ0) is 17.2. The molecule has 0 radical (unpaired) electrons. The van der Waals surface area contributed by atoms with Crippen LogP contribution in [0.3, 0.4) is 0 Å². The smallest absolute Gasteiger partial charge is 0.312 e. The van der Waals surface area contributed by atoms with E-state index in [1.807, 2.05) is 30.3 Å². The molecule has 3 aromatic rings. The Morgan fingerprint density at radius 3 is 1.88 bits per heavy atom. The summed E-state index contributed by atoms with van der Waals surface area (Å²) in [5.74, 6) is -0.854. The van der Waals surface area contributed by atoms with Gasteiger partial charge in [0.05, 0.1) is 5.56 Å². The topological polar surface area (TPSA) is 55.7 Å². The first kappa shape index (κ1) is 15.0. The molecule has 0 fully saturated rings. The fourth-order valence-corrected chi connectivity index (χ4v) is 2.90. The standard InChI is InChI=1S/C21H13NO3/c23-20-18-13-7-5-11-16(18)15-10-4-6-12-17(15)19(20)22-25-21(24)14-8-2-1-3-9-14/h1-13H/b22-19+. The van der Waals surface area contributed by atoms with E-state index in [0.717, 1.165) is 11.1 Å². The molecule has 0 aromatic heterocycles. The van der Waals surface area contributed by atoms with E-state index >= 15 is 0 Å². The summed E-state index contributed by atoms with van der Waals surface area (Å²) in [5, 5.41) is 3.90. The van der Waals surface area contributed by atoms with Gasteiger partial charge in [-0.05, 0) is 23.3 Å². The quantitative estimate of drug-likeness (QED) is 0.526. The fourth-order valence-electron chi connectivity index (χ4n) is 2.90. The third-order valence-electron chi connectivity index (χ3n) is 4.09. The molecule has 0 spiro atoms. The number of ketones is 1. The Labute approximate surface area is 144 Å². The Morgan fingerprint density at radius 2 is 1.20 bits per heavy atom. The molecule has 0 heterocycles. The second-order valence-corrected chi connectivity index (χ2v) is 5.60. The van der Waals surface area contributed by atoms with Crippen molar-refractivity contribution in [2.75, 3.05) is 0 Å². The van der Waals surface area contributed by atoms with Crippen molar-refractivity contribution in [2.45, 2.75) is 0 Å². The van der Waals surface area contributed by atoms with Crippen molar-refractivity contribution in [3.05, 3.63) is 95.6 Å². The lowest BCUT2D eigenvalue weighted by Crippen LogP contribution is -2.23. The number of hydrogen-bond acceptors (Lipinski definition) is 4. The molecule has 0 atom stereocenters. The number of nitrogens with zero attached hydrogens (tertiary/aromatic N) is 1. The van der Waals surface area contributed by atoms with Crippen LogP contribution < -0.4 is 0 Å². The highest BCUT2D eigenvalue weighted by molar-refractivity contribution is 6.54. The summed E-state index contributed by atoms with van der Waals surface area (Å²) < 4.78 is 0. The van der Waals surface area contributed by atoms with Gasteiger partial charge in [-0.15, -0.1) is 0 Å². The number of hydrogen-bond donors (Lipinski definition) is 0. The van der Waals surface area contributed by atoms with Crippen LogP contribution in [-0.2, 0) is 4.84 Å². The maximum absolute atomic E-state index is 12.8. The first-order valence-electron chi connectivity index (χ1n) is 7.83. The second-order valence-electron chi connectivity index (χ2n) is 5.60. The molecule has 4 heteroatoms. The minimum absolute atomic E-state index is 0.138. The van der Waals surface area contributed by atoms with Gasteiger partial charge in [0.1, 0.15) is 0 Å². The molecule has 3 aromatic carbocycles. The van der Waals surface area contributed by atoms with Crippen molar-refractivity contribution < 1.29 is 14.4 Å². The summed E-state index contributed by atoms with van der Waals surface area (Å²) in [4.78, 5) is 30.0. The van der Waals surface area contributed by atoms with Gasteiger partial charge in [-0.3, -0.25) is 4.79 Å². The molecule has 0 unspecified atom stereocenters. The van der Waals surface area contributed by atoms with Gasteiger partial charge < -0.3 is 4.84 Å².